The van der Waals surface area contributed by atoms with Gasteiger partial charge in [0.2, 0.25) is 0 Å². The molecule has 26 heavy (non-hydrogen) atoms. The minimum absolute atomic E-state index is 0.0422. The summed E-state index contributed by atoms with van der Waals surface area (Å²) < 4.78 is 0. The van der Waals surface area contributed by atoms with Crippen molar-refractivity contribution in [1.82, 2.24) is 5.23 Å². The molecule has 0 aromatic carbocycles. The minimum Gasteiger partial charge on any atom is -0.480 e. The van der Waals surface area contributed by atoms with Crippen LogP contribution >= 0.6 is 21.6 Å². The third-order valence-corrected chi connectivity index (χ3v) is 5.05. The van der Waals surface area contributed by atoms with E-state index in [1.807, 2.05) is 0 Å². The molecule has 2 unspecified atom stereocenters. The summed E-state index contributed by atoms with van der Waals surface area (Å²) in [6.45, 7) is -2.20. The largest absolute Gasteiger partial charge is 0.480 e. The lowest BCUT2D eigenvalue weighted by molar-refractivity contribution is -0.391. The van der Waals surface area contributed by atoms with Gasteiger partial charge in [-0.25, -0.2) is 0 Å². The second-order valence-corrected chi connectivity index (χ2v) is 7.47. The van der Waals surface area contributed by atoms with Crippen molar-refractivity contribution in [2.45, 2.75) is 24.3 Å². The van der Waals surface area contributed by atoms with Crippen molar-refractivity contribution in [3.63, 3.8) is 0 Å². The lowest BCUT2D eigenvalue weighted by atomic mass is 10.3. The van der Waals surface area contributed by atoms with E-state index < -0.39 is 62.7 Å². The molecule has 14 heteroatoms. The van der Waals surface area contributed by atoms with E-state index in [1.54, 1.807) is 0 Å². The number of aliphatic carboxylic acids is 2. The summed E-state index contributed by atoms with van der Waals surface area (Å²) >= 11 is 0. The number of carboxylic acid groups (broad SMARTS) is 2. The van der Waals surface area contributed by atoms with Gasteiger partial charge in [-0.1, -0.05) is 26.8 Å². The van der Waals surface area contributed by atoms with E-state index in [9.17, 15) is 24.9 Å². The Labute approximate surface area is 157 Å². The number of carbonyl (C=O) groups is 2. The first-order valence-corrected chi connectivity index (χ1v) is 9.80. The van der Waals surface area contributed by atoms with Gasteiger partial charge in [0.15, 0.2) is 6.04 Å². The first kappa shape index (κ1) is 25.3. The Hall–Kier alpha value is -0.680. The number of carboxylic acids is 2. The van der Waals surface area contributed by atoms with Crippen LogP contribution in [0.15, 0.2) is 0 Å². The zero-order valence-electron chi connectivity index (χ0n) is 13.7. The van der Waals surface area contributed by atoms with E-state index in [2.05, 4.69) is 0 Å². The fraction of sp³-hybridized carbons (Fsp3) is 0.833. The fourth-order valence-corrected chi connectivity index (χ4v) is 3.45. The average Bonchev–Trinajstić information content (AvgIpc) is 2.61. The summed E-state index contributed by atoms with van der Waals surface area (Å²) in [5.74, 6) is -2.60. The van der Waals surface area contributed by atoms with Gasteiger partial charge in [0.05, 0.1) is 26.4 Å². The van der Waals surface area contributed by atoms with Crippen LogP contribution in [0.2, 0.25) is 0 Å². The molecule has 0 fully saturated rings. The second kappa shape index (κ2) is 14.4. The van der Waals surface area contributed by atoms with Crippen LogP contribution in [0.1, 0.15) is 0 Å². The highest BCUT2D eigenvalue weighted by atomic mass is 33.1. The maximum absolute atomic E-state index is 11.4. The quantitative estimate of drug-likeness (QED) is 0.0760. The highest BCUT2D eigenvalue weighted by molar-refractivity contribution is 8.76. The Morgan fingerprint density at radius 3 is 1.77 bits per heavy atom. The third-order valence-electron chi connectivity index (χ3n) is 2.62. The Bertz CT molecular complexity index is 405. The lowest BCUT2D eigenvalue weighted by Gasteiger charge is -2.27. The molecular weight excluding hydrogens is 396 g/mol. The molecule has 0 radical (unpaired) electrons. The highest BCUT2D eigenvalue weighted by Crippen LogP contribution is 2.24. The molecule has 12 nitrogen and oxygen atoms in total. The maximum atomic E-state index is 11.4. The minimum atomic E-state index is -1.38. The standard InChI is InChI=1S/C12H24N2O10S2/c13-9(11(19)20)5-25-26-6-10(12(21)22)14(23-3-7(17)1-15)24-4-8(18)2-16/h7-10,15-18H,1-6,13H2,(H,19,20)(H,21,22)/t7?,8?,9-,10-/m0/s1. The Morgan fingerprint density at radius 1 is 0.923 bits per heavy atom. The van der Waals surface area contributed by atoms with Crippen molar-refractivity contribution in [3.05, 3.63) is 0 Å². The van der Waals surface area contributed by atoms with Gasteiger partial charge in [0, 0.05) is 11.5 Å². The molecule has 0 heterocycles. The number of aliphatic hydroxyl groups is 4. The number of nitrogens with two attached hydrogens (primary N) is 1. The van der Waals surface area contributed by atoms with Crippen LogP contribution < -0.4 is 5.73 Å². The first-order valence-electron chi connectivity index (χ1n) is 7.31. The summed E-state index contributed by atoms with van der Waals surface area (Å²) in [7, 11) is 2.05. The molecule has 0 rings (SSSR count). The number of hydrogen-bond acceptors (Lipinski definition) is 12. The molecule has 0 saturated heterocycles. The molecule has 154 valence electrons. The zero-order valence-corrected chi connectivity index (χ0v) is 15.3. The summed E-state index contributed by atoms with van der Waals surface area (Å²) in [5, 5.41) is 54.7. The normalized spacial score (nSPS) is 16.2. The van der Waals surface area contributed by atoms with Crippen LogP contribution in [-0.4, -0.2) is 110 Å². The van der Waals surface area contributed by atoms with Gasteiger partial charge in [-0.3, -0.25) is 19.3 Å². The Morgan fingerprint density at radius 2 is 1.38 bits per heavy atom. The van der Waals surface area contributed by atoms with Crippen molar-refractivity contribution >= 4 is 33.5 Å². The SMILES string of the molecule is N[C@@H](CSSC[C@@H](C(=O)O)N(OCC(O)CO)OCC(O)CO)C(=O)O. The third kappa shape index (κ3) is 11.1. The molecule has 0 aliphatic heterocycles. The molecule has 0 aliphatic rings. The number of hydrogen-bond donors (Lipinski definition) is 7. The van der Waals surface area contributed by atoms with Crippen LogP contribution in [0.3, 0.4) is 0 Å². The average molecular weight is 420 g/mol. The van der Waals surface area contributed by atoms with Gasteiger partial charge in [-0.15, -0.1) is 0 Å². The molecule has 0 aliphatic carbocycles. The molecule has 0 amide bonds. The van der Waals surface area contributed by atoms with Gasteiger partial charge in [0.1, 0.15) is 18.2 Å². The van der Waals surface area contributed by atoms with Gasteiger partial charge in [0.25, 0.3) is 0 Å². The van der Waals surface area contributed by atoms with E-state index in [0.717, 1.165) is 21.6 Å². The van der Waals surface area contributed by atoms with Gasteiger partial charge in [-0.2, -0.15) is 0 Å². The van der Waals surface area contributed by atoms with Crippen LogP contribution in [0.5, 0.6) is 0 Å². The molecule has 0 saturated carbocycles. The van der Waals surface area contributed by atoms with E-state index in [-0.39, 0.29) is 11.5 Å². The first-order chi connectivity index (χ1) is 12.2. The van der Waals surface area contributed by atoms with Gasteiger partial charge in [-0.05, 0) is 0 Å². The number of hydroxylamine groups is 2. The summed E-state index contributed by atoms with van der Waals surface area (Å²) in [5.41, 5.74) is 5.33. The fourth-order valence-electron chi connectivity index (χ4n) is 1.17. The van der Waals surface area contributed by atoms with E-state index in [1.165, 1.54) is 0 Å². The number of aliphatic hydroxyl groups excluding tert-OH is 4. The molecule has 0 bridgehead atoms. The second-order valence-electron chi connectivity index (χ2n) is 4.92. The highest BCUT2D eigenvalue weighted by Gasteiger charge is 2.30. The molecule has 8 N–H and O–H groups in total. The summed E-state index contributed by atoms with van der Waals surface area (Å²) in [4.78, 5) is 32.1. The van der Waals surface area contributed by atoms with Gasteiger partial charge >= 0.3 is 11.9 Å². The molecule has 0 aromatic rings. The van der Waals surface area contributed by atoms with Crippen molar-refractivity contribution in [2.75, 3.05) is 37.9 Å². The molecule has 4 atom stereocenters. The Balaban J connectivity index is 4.72. The zero-order chi connectivity index (χ0) is 20.1. The van der Waals surface area contributed by atoms with Crippen LogP contribution in [-0.2, 0) is 19.3 Å². The van der Waals surface area contributed by atoms with E-state index in [4.69, 9.17) is 30.7 Å². The van der Waals surface area contributed by atoms with Crippen molar-refractivity contribution < 1.29 is 49.9 Å². The summed E-state index contributed by atoms with van der Waals surface area (Å²) in [6.07, 6.45) is -2.57. The number of nitrogens with zero attached hydrogens (tertiary/aromatic N) is 1. The smallest absolute Gasteiger partial charge is 0.326 e. The summed E-state index contributed by atoms with van der Waals surface area (Å²) in [6, 6.07) is -2.48. The molecule has 0 spiro atoms. The van der Waals surface area contributed by atoms with E-state index >= 15 is 0 Å². The van der Waals surface area contributed by atoms with Gasteiger partial charge < -0.3 is 36.4 Å². The monoisotopic (exact) mass is 420 g/mol. The predicted molar refractivity (Wildman–Crippen MR) is 91.9 cm³/mol. The van der Waals surface area contributed by atoms with Crippen LogP contribution in [0, 0.1) is 0 Å². The van der Waals surface area contributed by atoms with Crippen molar-refractivity contribution in [3.8, 4) is 0 Å². The van der Waals surface area contributed by atoms with Crippen LogP contribution in [0.25, 0.3) is 0 Å². The predicted octanol–water partition coefficient (Wildman–Crippen LogP) is -2.90. The topological polar surface area (TPSA) is 203 Å². The van der Waals surface area contributed by atoms with Crippen molar-refractivity contribution in [1.29, 1.82) is 0 Å². The molecule has 0 aromatic heterocycles. The van der Waals surface area contributed by atoms with Crippen LogP contribution in [0.4, 0.5) is 0 Å². The number of rotatable bonds is 16. The lowest BCUT2D eigenvalue weighted by Crippen LogP contribution is -2.45. The Kier molecular flexibility index (Phi) is 14.0. The molecular formula is C12H24N2O10S2. The van der Waals surface area contributed by atoms with Crippen molar-refractivity contribution in [2.24, 2.45) is 5.73 Å². The maximum Gasteiger partial charge on any atom is 0.326 e. The van der Waals surface area contributed by atoms with E-state index in [0.29, 0.717) is 5.23 Å².